The first kappa shape index (κ1) is 16.9. The Balaban J connectivity index is 1.26. The summed E-state index contributed by atoms with van der Waals surface area (Å²) in [5, 5.41) is 7.65. The fourth-order valence-electron chi connectivity index (χ4n) is 4.12. The van der Waals surface area contributed by atoms with Crippen LogP contribution >= 0.6 is 24.0 Å². The Morgan fingerprint density at radius 2 is 1.80 bits per heavy atom. The molecule has 130 valence electrons. The van der Waals surface area contributed by atoms with Crippen LogP contribution in [0.3, 0.4) is 0 Å². The van der Waals surface area contributed by atoms with Gasteiger partial charge in [-0.05, 0) is 73.1 Å². The number of thiocarbonyl (C=S) groups is 1. The lowest BCUT2D eigenvalue weighted by Crippen LogP contribution is -2.40. The molecular formula is C21H24N2S2. The van der Waals surface area contributed by atoms with E-state index in [0.29, 0.717) is 6.04 Å². The van der Waals surface area contributed by atoms with Gasteiger partial charge in [0.05, 0.1) is 0 Å². The van der Waals surface area contributed by atoms with E-state index in [4.69, 9.17) is 12.2 Å². The lowest BCUT2D eigenvalue weighted by atomic mass is 9.96. The Hall–Kier alpha value is -1.52. The molecule has 2 fully saturated rings. The second-order valence-corrected chi connectivity index (χ2v) is 8.64. The van der Waals surface area contributed by atoms with Gasteiger partial charge in [-0.1, -0.05) is 36.8 Å². The van der Waals surface area contributed by atoms with Crippen LogP contribution in [-0.2, 0) is 5.75 Å². The summed E-state index contributed by atoms with van der Waals surface area (Å²) in [6.07, 6.45) is 5.49. The highest BCUT2D eigenvalue weighted by Gasteiger charge is 2.39. The predicted molar refractivity (Wildman–Crippen MR) is 111 cm³/mol. The van der Waals surface area contributed by atoms with Crippen LogP contribution < -0.4 is 10.6 Å². The third-order valence-corrected chi connectivity index (χ3v) is 6.72. The molecular weight excluding hydrogens is 344 g/mol. The molecule has 4 rings (SSSR count). The number of hydrogen-bond donors (Lipinski definition) is 2. The quantitative estimate of drug-likeness (QED) is 0.541. The molecule has 0 aliphatic heterocycles. The highest BCUT2D eigenvalue weighted by molar-refractivity contribution is 7.98. The molecule has 2 aliphatic rings. The van der Waals surface area contributed by atoms with Gasteiger partial charge in [0.15, 0.2) is 5.11 Å². The fraction of sp³-hybridized carbons (Fsp3) is 0.381. The van der Waals surface area contributed by atoms with Gasteiger partial charge in [0, 0.05) is 22.4 Å². The molecule has 0 amide bonds. The van der Waals surface area contributed by atoms with Crippen molar-refractivity contribution in [3.63, 3.8) is 0 Å². The van der Waals surface area contributed by atoms with Crippen molar-refractivity contribution < 1.29 is 0 Å². The monoisotopic (exact) mass is 368 g/mol. The first-order valence-electron chi connectivity index (χ1n) is 9.10. The van der Waals surface area contributed by atoms with Crippen molar-refractivity contribution in [3.8, 4) is 0 Å². The summed E-state index contributed by atoms with van der Waals surface area (Å²) >= 11 is 7.37. The Bertz CT molecular complexity index is 714. The smallest absolute Gasteiger partial charge is 0.171 e. The molecule has 2 aliphatic carbocycles. The van der Waals surface area contributed by atoms with E-state index in [0.717, 1.165) is 28.4 Å². The normalized spacial score (nSPS) is 24.2. The van der Waals surface area contributed by atoms with Crippen LogP contribution in [0.1, 0.15) is 31.2 Å². The van der Waals surface area contributed by atoms with Crippen LogP contribution in [0, 0.1) is 11.8 Å². The van der Waals surface area contributed by atoms with E-state index in [-0.39, 0.29) is 0 Å². The molecule has 0 aromatic heterocycles. The van der Waals surface area contributed by atoms with Crippen LogP contribution in [0.5, 0.6) is 0 Å². The molecule has 0 unspecified atom stereocenters. The zero-order chi connectivity index (χ0) is 17.1. The first-order chi connectivity index (χ1) is 12.3. The van der Waals surface area contributed by atoms with Crippen LogP contribution in [0.15, 0.2) is 59.5 Å². The summed E-state index contributed by atoms with van der Waals surface area (Å²) in [5.41, 5.74) is 2.39. The summed E-state index contributed by atoms with van der Waals surface area (Å²) in [6, 6.07) is 19.7. The molecule has 4 heteroatoms. The summed E-state index contributed by atoms with van der Waals surface area (Å²) < 4.78 is 0. The van der Waals surface area contributed by atoms with Gasteiger partial charge in [-0.15, -0.1) is 11.8 Å². The van der Waals surface area contributed by atoms with E-state index in [2.05, 4.69) is 65.2 Å². The zero-order valence-corrected chi connectivity index (χ0v) is 15.9. The van der Waals surface area contributed by atoms with Crippen molar-refractivity contribution in [2.24, 2.45) is 11.8 Å². The average molecular weight is 369 g/mol. The second kappa shape index (κ2) is 7.79. The van der Waals surface area contributed by atoms with Crippen molar-refractivity contribution in [3.05, 3.63) is 60.2 Å². The molecule has 0 saturated heterocycles. The van der Waals surface area contributed by atoms with E-state index in [1.165, 1.54) is 36.1 Å². The number of nitrogens with one attached hydrogen (secondary N) is 2. The largest absolute Gasteiger partial charge is 0.359 e. The Morgan fingerprint density at radius 1 is 1.00 bits per heavy atom. The molecule has 2 aromatic carbocycles. The van der Waals surface area contributed by atoms with Crippen LogP contribution in [0.2, 0.25) is 0 Å². The topological polar surface area (TPSA) is 24.1 Å². The fourth-order valence-corrected chi connectivity index (χ4v) is 5.27. The van der Waals surface area contributed by atoms with Crippen molar-refractivity contribution in [2.75, 3.05) is 5.32 Å². The van der Waals surface area contributed by atoms with Crippen molar-refractivity contribution in [1.29, 1.82) is 0 Å². The highest BCUT2D eigenvalue weighted by Crippen LogP contribution is 2.44. The van der Waals surface area contributed by atoms with E-state index in [9.17, 15) is 0 Å². The number of anilines is 1. The van der Waals surface area contributed by atoms with Crippen LogP contribution in [0.25, 0.3) is 0 Å². The molecule has 25 heavy (non-hydrogen) atoms. The summed E-state index contributed by atoms with van der Waals surface area (Å²) in [6.45, 7) is 0. The van der Waals surface area contributed by atoms with Gasteiger partial charge in [-0.25, -0.2) is 0 Å². The number of benzene rings is 2. The van der Waals surface area contributed by atoms with Gasteiger partial charge >= 0.3 is 0 Å². The van der Waals surface area contributed by atoms with Gasteiger partial charge in [-0.2, -0.15) is 0 Å². The number of rotatable bonds is 5. The minimum Gasteiger partial charge on any atom is -0.359 e. The molecule has 2 N–H and O–H groups in total. The Labute approximate surface area is 159 Å². The van der Waals surface area contributed by atoms with Crippen molar-refractivity contribution in [2.45, 2.75) is 42.4 Å². The maximum absolute atomic E-state index is 5.51. The molecule has 2 nitrogen and oxygen atoms in total. The third-order valence-electron chi connectivity index (χ3n) is 5.42. The minimum absolute atomic E-state index is 0.584. The van der Waals surface area contributed by atoms with Crippen molar-refractivity contribution >= 4 is 34.8 Å². The molecule has 2 aromatic rings. The third kappa shape index (κ3) is 4.36. The van der Waals surface area contributed by atoms with E-state index in [1.807, 2.05) is 11.8 Å². The molecule has 0 heterocycles. The standard InChI is InChI=1S/C21H24N2S2/c24-21(23-20-13-16-6-9-17(20)12-16)22-18-10-7-15(8-11-18)14-25-19-4-2-1-3-5-19/h1-5,7-8,10-11,16-17,20H,6,9,12-14H2,(H2,22,23,24)/t16-,17-,20-/m1/s1. The average Bonchev–Trinajstić information content (AvgIpc) is 3.25. The first-order valence-corrected chi connectivity index (χ1v) is 10.5. The van der Waals surface area contributed by atoms with E-state index >= 15 is 0 Å². The molecule has 2 bridgehead atoms. The minimum atomic E-state index is 0.584. The van der Waals surface area contributed by atoms with Gasteiger partial charge in [0.1, 0.15) is 0 Å². The second-order valence-electron chi connectivity index (χ2n) is 7.18. The van der Waals surface area contributed by atoms with Gasteiger partial charge in [0.2, 0.25) is 0 Å². The Kier molecular flexibility index (Phi) is 5.28. The molecule has 0 spiro atoms. The SMILES string of the molecule is S=C(Nc1ccc(CSc2ccccc2)cc1)N[C@@H]1C[C@@H]2CC[C@@H]1C2. The van der Waals surface area contributed by atoms with Crippen molar-refractivity contribution in [1.82, 2.24) is 5.32 Å². The zero-order valence-electron chi connectivity index (χ0n) is 14.3. The van der Waals surface area contributed by atoms with E-state index in [1.54, 1.807) is 0 Å². The molecule has 0 radical (unpaired) electrons. The van der Waals surface area contributed by atoms with E-state index < -0.39 is 0 Å². The highest BCUT2D eigenvalue weighted by atomic mass is 32.2. The predicted octanol–water partition coefficient (Wildman–Crippen LogP) is 5.45. The van der Waals surface area contributed by atoms with Gasteiger partial charge in [0.25, 0.3) is 0 Å². The number of fused-ring (bicyclic) bond motifs is 2. The summed E-state index contributed by atoms with van der Waals surface area (Å²) in [7, 11) is 0. The van der Waals surface area contributed by atoms with Gasteiger partial charge < -0.3 is 10.6 Å². The molecule has 3 atom stereocenters. The van der Waals surface area contributed by atoms with Gasteiger partial charge in [-0.3, -0.25) is 0 Å². The molecule has 2 saturated carbocycles. The lowest BCUT2D eigenvalue weighted by molar-refractivity contribution is 0.392. The van der Waals surface area contributed by atoms with Crippen LogP contribution in [-0.4, -0.2) is 11.2 Å². The summed E-state index contributed by atoms with van der Waals surface area (Å²) in [5.74, 6) is 2.76. The van der Waals surface area contributed by atoms with Crippen LogP contribution in [0.4, 0.5) is 5.69 Å². The maximum Gasteiger partial charge on any atom is 0.171 e. The maximum atomic E-state index is 5.51. The summed E-state index contributed by atoms with van der Waals surface area (Å²) in [4.78, 5) is 1.31. The number of hydrogen-bond acceptors (Lipinski definition) is 2. The lowest BCUT2D eigenvalue weighted by Gasteiger charge is -2.24. The number of thioether (sulfide) groups is 1. The Morgan fingerprint density at radius 3 is 2.48 bits per heavy atom.